The lowest BCUT2D eigenvalue weighted by Crippen LogP contribution is -2.34. The van der Waals surface area contributed by atoms with E-state index in [-0.39, 0.29) is 11.9 Å². The number of carbonyl (C=O) groups excluding carboxylic acids is 1. The van der Waals surface area contributed by atoms with Crippen LogP contribution in [-0.4, -0.2) is 25.0 Å². The van der Waals surface area contributed by atoms with Gasteiger partial charge in [0.15, 0.2) is 11.5 Å². The number of ether oxygens (including phenoxy) is 3. The lowest BCUT2D eigenvalue weighted by atomic mass is 10.0. The lowest BCUT2D eigenvalue weighted by molar-refractivity contribution is -0.133. The topological polar surface area (TPSA) is 48.0 Å². The van der Waals surface area contributed by atoms with E-state index in [2.05, 4.69) is 19.1 Å². The summed E-state index contributed by atoms with van der Waals surface area (Å²) in [6, 6.07) is 33.5. The molecule has 4 aromatic rings. The van der Waals surface area contributed by atoms with Crippen LogP contribution in [0.25, 0.3) is 0 Å². The van der Waals surface area contributed by atoms with Crippen molar-refractivity contribution in [2.45, 2.75) is 32.5 Å². The van der Waals surface area contributed by atoms with Crippen molar-refractivity contribution in [3.63, 3.8) is 0 Å². The molecule has 0 fully saturated rings. The summed E-state index contributed by atoms with van der Waals surface area (Å²) in [6.45, 7) is 2.94. The molecule has 0 saturated carbocycles. The second kappa shape index (κ2) is 12.6. The number of amides is 1. The lowest BCUT2D eigenvalue weighted by Gasteiger charge is -2.30. The molecule has 0 spiro atoms. The fraction of sp³-hybridized carbons (Fsp3) is 0.219. The molecule has 0 heterocycles. The van der Waals surface area contributed by atoms with Gasteiger partial charge < -0.3 is 19.1 Å². The number of benzene rings is 4. The molecule has 0 aliphatic rings. The van der Waals surface area contributed by atoms with Crippen LogP contribution < -0.4 is 14.2 Å². The van der Waals surface area contributed by atoms with Crippen LogP contribution in [0, 0.1) is 0 Å². The Hall–Kier alpha value is -4.25. The van der Waals surface area contributed by atoms with E-state index in [4.69, 9.17) is 14.2 Å². The van der Waals surface area contributed by atoms with E-state index < -0.39 is 0 Å². The summed E-state index contributed by atoms with van der Waals surface area (Å²) in [7, 11) is 3.27. The summed E-state index contributed by atoms with van der Waals surface area (Å²) >= 11 is 0. The van der Waals surface area contributed by atoms with Crippen LogP contribution in [0.3, 0.4) is 0 Å². The van der Waals surface area contributed by atoms with Crippen molar-refractivity contribution >= 4 is 5.91 Å². The molecule has 4 aromatic carbocycles. The molecule has 0 aromatic heterocycles. The zero-order valence-electron chi connectivity index (χ0n) is 21.6. The minimum Gasteiger partial charge on any atom is -0.497 e. The fourth-order valence-corrected chi connectivity index (χ4v) is 4.24. The first kappa shape index (κ1) is 25.8. The summed E-state index contributed by atoms with van der Waals surface area (Å²) < 4.78 is 16.9. The van der Waals surface area contributed by atoms with E-state index in [0.717, 1.165) is 28.0 Å². The maximum absolute atomic E-state index is 13.6. The quantitative estimate of drug-likeness (QED) is 0.235. The number of carbonyl (C=O) groups is 1. The molecule has 1 atom stereocenters. The van der Waals surface area contributed by atoms with Crippen molar-refractivity contribution in [1.82, 2.24) is 4.90 Å². The molecule has 0 aliphatic heterocycles. The molecule has 0 aliphatic carbocycles. The van der Waals surface area contributed by atoms with Gasteiger partial charge in [0.25, 0.3) is 0 Å². The van der Waals surface area contributed by atoms with Gasteiger partial charge in [-0.25, -0.2) is 0 Å². The Labute approximate surface area is 219 Å². The predicted octanol–water partition coefficient (Wildman–Crippen LogP) is 6.62. The van der Waals surface area contributed by atoms with Gasteiger partial charge in [-0.15, -0.1) is 0 Å². The summed E-state index contributed by atoms with van der Waals surface area (Å²) in [5.41, 5.74) is 4.07. The van der Waals surface area contributed by atoms with Gasteiger partial charge in [-0.05, 0) is 53.4 Å². The number of nitrogens with zero attached hydrogens (tertiary/aromatic N) is 1. The Balaban J connectivity index is 1.57. The van der Waals surface area contributed by atoms with Crippen LogP contribution in [-0.2, 0) is 24.4 Å². The second-order valence-electron chi connectivity index (χ2n) is 8.89. The largest absolute Gasteiger partial charge is 0.497 e. The highest BCUT2D eigenvalue weighted by Gasteiger charge is 2.23. The van der Waals surface area contributed by atoms with Crippen LogP contribution in [0.15, 0.2) is 103 Å². The monoisotopic (exact) mass is 495 g/mol. The van der Waals surface area contributed by atoms with Crippen LogP contribution in [0.4, 0.5) is 0 Å². The van der Waals surface area contributed by atoms with Gasteiger partial charge in [-0.2, -0.15) is 0 Å². The summed E-state index contributed by atoms with van der Waals surface area (Å²) in [5.74, 6) is 2.13. The normalized spacial score (nSPS) is 11.4. The van der Waals surface area contributed by atoms with Gasteiger partial charge >= 0.3 is 0 Å². The minimum atomic E-state index is -0.109. The van der Waals surface area contributed by atoms with Crippen molar-refractivity contribution < 1.29 is 19.0 Å². The van der Waals surface area contributed by atoms with E-state index >= 15 is 0 Å². The third kappa shape index (κ3) is 6.91. The average molecular weight is 496 g/mol. The van der Waals surface area contributed by atoms with Gasteiger partial charge in [0.1, 0.15) is 12.4 Å². The summed E-state index contributed by atoms with van der Waals surface area (Å²) in [4.78, 5) is 15.6. The van der Waals surface area contributed by atoms with Gasteiger partial charge in [-0.1, -0.05) is 78.9 Å². The molecule has 4 rings (SSSR count). The number of rotatable bonds is 11. The third-order valence-corrected chi connectivity index (χ3v) is 6.40. The highest BCUT2D eigenvalue weighted by atomic mass is 16.5. The van der Waals surface area contributed by atoms with Crippen molar-refractivity contribution in [2.24, 2.45) is 0 Å². The molecule has 1 amide bonds. The molecule has 0 N–H and O–H groups in total. The molecule has 0 bridgehead atoms. The van der Waals surface area contributed by atoms with E-state index in [1.807, 2.05) is 95.9 Å². The van der Waals surface area contributed by atoms with Crippen molar-refractivity contribution in [1.29, 1.82) is 0 Å². The summed E-state index contributed by atoms with van der Waals surface area (Å²) in [6.07, 6.45) is 0.300. The minimum absolute atomic E-state index is 0.0455. The predicted molar refractivity (Wildman–Crippen MR) is 146 cm³/mol. The smallest absolute Gasteiger partial charge is 0.227 e. The maximum atomic E-state index is 13.6. The molecule has 5 nitrogen and oxygen atoms in total. The molecule has 37 heavy (non-hydrogen) atoms. The molecule has 190 valence electrons. The van der Waals surface area contributed by atoms with Crippen LogP contribution >= 0.6 is 0 Å². The van der Waals surface area contributed by atoms with Crippen LogP contribution in [0.2, 0.25) is 0 Å². The third-order valence-electron chi connectivity index (χ3n) is 6.40. The van der Waals surface area contributed by atoms with Crippen molar-refractivity contribution in [2.75, 3.05) is 14.2 Å². The first-order valence-electron chi connectivity index (χ1n) is 12.4. The molecule has 1 unspecified atom stereocenters. The molecular formula is C32H33NO4. The van der Waals surface area contributed by atoms with E-state index in [0.29, 0.717) is 31.1 Å². The standard InChI is InChI=1S/C32H33NO4/c1-24(28-12-8-5-9-13-28)33(32(34)21-25-14-17-29(35-2)18-15-25)22-27-16-19-30(36-3)31(20-27)37-23-26-10-6-4-7-11-26/h4-20,24H,21-23H2,1-3H3. The van der Waals surface area contributed by atoms with Gasteiger partial charge in [0.2, 0.25) is 5.91 Å². The molecule has 0 radical (unpaired) electrons. The van der Waals surface area contributed by atoms with Crippen LogP contribution in [0.1, 0.15) is 35.2 Å². The molecule has 0 saturated heterocycles. The SMILES string of the molecule is COc1ccc(CC(=O)N(Cc2ccc(OC)c(OCc3ccccc3)c2)C(C)c2ccccc2)cc1. The second-order valence-corrected chi connectivity index (χ2v) is 8.89. The number of hydrogen-bond donors (Lipinski definition) is 0. The maximum Gasteiger partial charge on any atom is 0.227 e. The van der Waals surface area contributed by atoms with Crippen molar-refractivity contribution in [3.8, 4) is 17.2 Å². The summed E-state index contributed by atoms with van der Waals surface area (Å²) in [5, 5.41) is 0. The van der Waals surface area contributed by atoms with E-state index in [1.165, 1.54) is 0 Å². The Morgan fingerprint density at radius 2 is 1.38 bits per heavy atom. The van der Waals surface area contributed by atoms with Gasteiger partial charge in [0.05, 0.1) is 26.7 Å². The Morgan fingerprint density at radius 1 is 0.730 bits per heavy atom. The van der Waals surface area contributed by atoms with E-state index in [1.54, 1.807) is 14.2 Å². The number of methoxy groups -OCH3 is 2. The molecular weight excluding hydrogens is 462 g/mol. The number of hydrogen-bond acceptors (Lipinski definition) is 4. The first-order chi connectivity index (χ1) is 18.1. The first-order valence-corrected chi connectivity index (χ1v) is 12.4. The van der Waals surface area contributed by atoms with E-state index in [9.17, 15) is 4.79 Å². The molecule has 5 heteroatoms. The van der Waals surface area contributed by atoms with Crippen LogP contribution in [0.5, 0.6) is 17.2 Å². The highest BCUT2D eigenvalue weighted by molar-refractivity contribution is 5.79. The van der Waals surface area contributed by atoms with Gasteiger partial charge in [0, 0.05) is 6.54 Å². The zero-order valence-corrected chi connectivity index (χ0v) is 21.6. The highest BCUT2D eigenvalue weighted by Crippen LogP contribution is 2.31. The Kier molecular flexibility index (Phi) is 8.82. The fourth-order valence-electron chi connectivity index (χ4n) is 4.24. The Morgan fingerprint density at radius 3 is 2.03 bits per heavy atom. The van der Waals surface area contributed by atoms with Crippen molar-refractivity contribution in [3.05, 3.63) is 125 Å². The zero-order chi connectivity index (χ0) is 26.0. The average Bonchev–Trinajstić information content (AvgIpc) is 2.96. The Bertz CT molecular complexity index is 1270. The van der Waals surface area contributed by atoms with Gasteiger partial charge in [-0.3, -0.25) is 4.79 Å².